The maximum atomic E-state index is 10.6. The molecular formula is C15H24O. The molecule has 16 heavy (non-hydrogen) atoms. The van der Waals surface area contributed by atoms with Gasteiger partial charge in [0.25, 0.3) is 0 Å². The third kappa shape index (κ3) is 0.895. The second-order valence-corrected chi connectivity index (χ2v) is 7.00. The maximum Gasteiger partial charge on any atom is 0.0647 e. The Kier molecular flexibility index (Phi) is 1.98. The summed E-state index contributed by atoms with van der Waals surface area (Å²) in [6.07, 6.45) is 4.65. The highest BCUT2D eigenvalue weighted by Gasteiger charge is 2.69. The number of rotatable bonds is 0. The lowest BCUT2D eigenvalue weighted by molar-refractivity contribution is -0.112. The van der Waals surface area contributed by atoms with Gasteiger partial charge in [0.05, 0.1) is 6.10 Å². The van der Waals surface area contributed by atoms with E-state index in [1.807, 2.05) is 0 Å². The van der Waals surface area contributed by atoms with Crippen LogP contribution in [0.2, 0.25) is 0 Å². The van der Waals surface area contributed by atoms with Gasteiger partial charge in [-0.3, -0.25) is 0 Å². The molecule has 0 aromatic rings. The quantitative estimate of drug-likeness (QED) is 0.620. The van der Waals surface area contributed by atoms with Gasteiger partial charge in [0.15, 0.2) is 0 Å². The van der Waals surface area contributed by atoms with E-state index < -0.39 is 0 Å². The molecule has 2 bridgehead atoms. The zero-order chi connectivity index (χ0) is 11.7. The molecule has 1 N–H and O–H groups in total. The highest BCUT2D eigenvalue weighted by Crippen LogP contribution is 2.73. The number of hydrogen-bond acceptors (Lipinski definition) is 1. The van der Waals surface area contributed by atoms with Crippen molar-refractivity contribution >= 4 is 0 Å². The topological polar surface area (TPSA) is 20.2 Å². The normalized spacial score (nSPS) is 54.1. The Labute approximate surface area is 98.9 Å². The van der Waals surface area contributed by atoms with Gasteiger partial charge in [0, 0.05) is 5.41 Å². The minimum absolute atomic E-state index is 0.139. The molecule has 0 heterocycles. The Morgan fingerprint density at radius 2 is 2.00 bits per heavy atom. The first-order valence-corrected chi connectivity index (χ1v) is 6.78. The molecular weight excluding hydrogens is 196 g/mol. The van der Waals surface area contributed by atoms with Crippen LogP contribution >= 0.6 is 0 Å². The predicted molar refractivity (Wildman–Crippen MR) is 66.0 cm³/mol. The molecule has 1 heteroatoms. The molecule has 0 aromatic carbocycles. The Morgan fingerprint density at radius 3 is 2.69 bits per heavy atom. The van der Waals surface area contributed by atoms with E-state index in [0.29, 0.717) is 17.3 Å². The maximum absolute atomic E-state index is 10.6. The van der Waals surface area contributed by atoms with E-state index in [9.17, 15) is 5.11 Å². The zero-order valence-corrected chi connectivity index (χ0v) is 10.8. The van der Waals surface area contributed by atoms with Crippen LogP contribution in [0.5, 0.6) is 0 Å². The van der Waals surface area contributed by atoms with Crippen LogP contribution in [0.4, 0.5) is 0 Å². The lowest BCUT2D eigenvalue weighted by atomic mass is 9.51. The number of aliphatic hydroxyl groups is 1. The van der Waals surface area contributed by atoms with E-state index in [1.54, 1.807) is 0 Å². The van der Waals surface area contributed by atoms with Gasteiger partial charge in [-0.1, -0.05) is 32.9 Å². The van der Waals surface area contributed by atoms with Gasteiger partial charge in [0.1, 0.15) is 0 Å². The summed E-state index contributed by atoms with van der Waals surface area (Å²) in [5.41, 5.74) is 1.78. The van der Waals surface area contributed by atoms with Crippen molar-refractivity contribution in [3.8, 4) is 0 Å². The largest absolute Gasteiger partial charge is 0.392 e. The fraction of sp³-hybridized carbons (Fsp3) is 0.867. The molecule has 3 aliphatic carbocycles. The highest BCUT2D eigenvalue weighted by molar-refractivity contribution is 5.29. The van der Waals surface area contributed by atoms with Gasteiger partial charge in [-0.05, 0) is 48.9 Å². The van der Waals surface area contributed by atoms with Gasteiger partial charge in [-0.2, -0.15) is 0 Å². The van der Waals surface area contributed by atoms with Gasteiger partial charge in [-0.15, -0.1) is 0 Å². The second-order valence-electron chi connectivity index (χ2n) is 7.00. The molecule has 3 saturated carbocycles. The number of fused-ring (bicyclic) bond motifs is 1. The second kappa shape index (κ2) is 2.93. The van der Waals surface area contributed by atoms with Crippen LogP contribution in [-0.4, -0.2) is 11.2 Å². The Bertz CT molecular complexity index is 343. The summed E-state index contributed by atoms with van der Waals surface area (Å²) in [6.45, 7) is 11.4. The summed E-state index contributed by atoms with van der Waals surface area (Å²) in [5, 5.41) is 10.6. The Morgan fingerprint density at radius 1 is 1.31 bits per heavy atom. The smallest absolute Gasteiger partial charge is 0.0647 e. The van der Waals surface area contributed by atoms with Crippen LogP contribution in [-0.2, 0) is 0 Å². The molecule has 5 atom stereocenters. The molecule has 0 aliphatic heterocycles. The van der Waals surface area contributed by atoms with Crippen molar-refractivity contribution in [1.82, 2.24) is 0 Å². The molecule has 3 rings (SSSR count). The summed E-state index contributed by atoms with van der Waals surface area (Å²) in [7, 11) is 0. The minimum Gasteiger partial charge on any atom is -0.392 e. The third-order valence-electron chi connectivity index (χ3n) is 6.50. The molecule has 1 nitrogen and oxygen atoms in total. The lowest BCUT2D eigenvalue weighted by Gasteiger charge is -2.54. The molecule has 90 valence electrons. The fourth-order valence-corrected chi connectivity index (χ4v) is 5.78. The van der Waals surface area contributed by atoms with Crippen LogP contribution in [0.1, 0.15) is 46.5 Å². The van der Waals surface area contributed by atoms with Gasteiger partial charge in [0.2, 0.25) is 0 Å². The van der Waals surface area contributed by atoms with E-state index >= 15 is 0 Å². The average molecular weight is 220 g/mol. The average Bonchev–Trinajstić information content (AvgIpc) is 2.48. The molecule has 0 radical (unpaired) electrons. The molecule has 3 aliphatic rings. The van der Waals surface area contributed by atoms with Crippen LogP contribution in [0.25, 0.3) is 0 Å². The van der Waals surface area contributed by atoms with E-state index in [0.717, 1.165) is 12.3 Å². The van der Waals surface area contributed by atoms with Crippen LogP contribution in [0.3, 0.4) is 0 Å². The summed E-state index contributed by atoms with van der Waals surface area (Å²) >= 11 is 0. The van der Waals surface area contributed by atoms with E-state index in [2.05, 4.69) is 27.4 Å². The van der Waals surface area contributed by atoms with E-state index in [4.69, 9.17) is 0 Å². The first-order valence-electron chi connectivity index (χ1n) is 6.78. The molecule has 0 amide bonds. The molecule has 0 unspecified atom stereocenters. The van der Waals surface area contributed by atoms with E-state index in [-0.39, 0.29) is 11.5 Å². The zero-order valence-electron chi connectivity index (χ0n) is 10.8. The van der Waals surface area contributed by atoms with Crippen molar-refractivity contribution in [2.45, 2.75) is 52.6 Å². The van der Waals surface area contributed by atoms with Crippen molar-refractivity contribution in [3.63, 3.8) is 0 Å². The minimum atomic E-state index is -0.139. The Hall–Kier alpha value is -0.300. The Balaban J connectivity index is 2.18. The van der Waals surface area contributed by atoms with Crippen molar-refractivity contribution in [3.05, 3.63) is 12.2 Å². The number of hydrogen-bond donors (Lipinski definition) is 1. The predicted octanol–water partition coefficient (Wildman–Crippen LogP) is 3.39. The van der Waals surface area contributed by atoms with E-state index in [1.165, 1.54) is 24.8 Å². The van der Waals surface area contributed by atoms with Crippen molar-refractivity contribution in [2.75, 3.05) is 0 Å². The van der Waals surface area contributed by atoms with Crippen molar-refractivity contribution in [1.29, 1.82) is 0 Å². The fourth-order valence-electron chi connectivity index (χ4n) is 5.78. The number of aliphatic hydroxyl groups excluding tert-OH is 1. The molecule has 3 fully saturated rings. The van der Waals surface area contributed by atoms with Gasteiger partial charge in [-0.25, -0.2) is 0 Å². The molecule has 0 aromatic heterocycles. The standard InChI is InChI=1S/C15H24O/c1-9-7-13(16)15-10(2)5-6-11(8-12(9)15)14(15,3)4/h10-13,16H,1,5-8H2,2-4H3/t10-,11-,12+,13+,15+/m1/s1. The SMILES string of the molecule is C=C1C[C@H](O)[C@]23[C@H](C)CC[C@H](C[C@@H]12)C3(C)C. The first kappa shape index (κ1) is 10.8. The molecule has 0 saturated heterocycles. The van der Waals surface area contributed by atoms with Gasteiger partial charge < -0.3 is 5.11 Å². The summed E-state index contributed by atoms with van der Waals surface area (Å²) in [4.78, 5) is 0. The van der Waals surface area contributed by atoms with Crippen LogP contribution < -0.4 is 0 Å². The highest BCUT2D eigenvalue weighted by atomic mass is 16.3. The van der Waals surface area contributed by atoms with Crippen LogP contribution in [0, 0.1) is 28.6 Å². The van der Waals surface area contributed by atoms with Gasteiger partial charge >= 0.3 is 0 Å². The monoisotopic (exact) mass is 220 g/mol. The third-order valence-corrected chi connectivity index (χ3v) is 6.50. The summed E-state index contributed by atoms with van der Waals surface area (Å²) in [6, 6.07) is 0. The van der Waals surface area contributed by atoms with Crippen molar-refractivity contribution in [2.24, 2.45) is 28.6 Å². The summed E-state index contributed by atoms with van der Waals surface area (Å²) in [5.74, 6) is 2.06. The first-order chi connectivity index (χ1) is 7.42. The molecule has 1 spiro atoms. The van der Waals surface area contributed by atoms with Crippen LogP contribution in [0.15, 0.2) is 12.2 Å². The van der Waals surface area contributed by atoms with Crippen molar-refractivity contribution < 1.29 is 5.11 Å². The summed E-state index contributed by atoms with van der Waals surface area (Å²) < 4.78 is 0. The lowest BCUT2D eigenvalue weighted by Crippen LogP contribution is -2.52.